The van der Waals surface area contributed by atoms with Crippen LogP contribution in [0, 0.1) is 0 Å². The van der Waals surface area contributed by atoms with Crippen LogP contribution in [-0.2, 0) is 11.3 Å². The lowest BCUT2D eigenvalue weighted by Gasteiger charge is -2.20. The summed E-state index contributed by atoms with van der Waals surface area (Å²) in [6.07, 6.45) is 1.68. The molecule has 102 valence electrons. The molecule has 0 aliphatic heterocycles. The van der Waals surface area contributed by atoms with E-state index in [9.17, 15) is 4.79 Å². The second kappa shape index (κ2) is 6.17. The van der Waals surface area contributed by atoms with Crippen LogP contribution < -0.4 is 5.73 Å². The molecule has 4 heteroatoms. The fourth-order valence-corrected chi connectivity index (χ4v) is 3.16. The zero-order valence-corrected chi connectivity index (χ0v) is 12.2. The zero-order chi connectivity index (χ0) is 13.8. The number of benzene rings is 1. The van der Waals surface area contributed by atoms with Gasteiger partial charge in [-0.1, -0.05) is 31.5 Å². The molecule has 0 aliphatic carbocycles. The molecule has 0 radical (unpaired) electrons. The number of hydrogen-bond acceptors (Lipinski definition) is 3. The Morgan fingerprint density at radius 1 is 1.42 bits per heavy atom. The molecule has 0 spiro atoms. The summed E-state index contributed by atoms with van der Waals surface area (Å²) in [7, 11) is 1.82. The third-order valence-electron chi connectivity index (χ3n) is 3.26. The Morgan fingerprint density at radius 2 is 2.16 bits per heavy atom. The normalized spacial score (nSPS) is 12.6. The van der Waals surface area contributed by atoms with Crippen LogP contribution >= 0.6 is 11.3 Å². The summed E-state index contributed by atoms with van der Waals surface area (Å²) >= 11 is 1.72. The molecule has 1 atom stereocenters. The number of rotatable bonds is 5. The van der Waals surface area contributed by atoms with Crippen molar-refractivity contribution < 1.29 is 4.79 Å². The summed E-state index contributed by atoms with van der Waals surface area (Å²) in [4.78, 5) is 13.8. The van der Waals surface area contributed by atoms with E-state index in [1.807, 2.05) is 26.1 Å². The van der Waals surface area contributed by atoms with Crippen LogP contribution in [0.2, 0.25) is 0 Å². The Bertz CT molecular complexity index is 564. The van der Waals surface area contributed by atoms with Gasteiger partial charge < -0.3 is 10.6 Å². The third-order valence-corrected chi connectivity index (χ3v) is 4.27. The summed E-state index contributed by atoms with van der Waals surface area (Å²) in [6, 6.07) is 7.90. The van der Waals surface area contributed by atoms with Crippen molar-refractivity contribution in [3.63, 3.8) is 0 Å². The lowest BCUT2D eigenvalue weighted by molar-refractivity contribution is -0.131. The van der Waals surface area contributed by atoms with Crippen molar-refractivity contribution in [2.24, 2.45) is 5.73 Å². The van der Waals surface area contributed by atoms with Gasteiger partial charge in [-0.2, -0.15) is 0 Å². The second-order valence-corrected chi connectivity index (χ2v) is 5.76. The number of fused-ring (bicyclic) bond motifs is 1. The first kappa shape index (κ1) is 14.0. The molecule has 3 nitrogen and oxygen atoms in total. The molecule has 0 saturated carbocycles. The molecule has 0 fully saturated rings. The van der Waals surface area contributed by atoms with E-state index in [2.05, 4.69) is 17.5 Å². The van der Waals surface area contributed by atoms with Gasteiger partial charge >= 0.3 is 0 Å². The maximum atomic E-state index is 12.1. The average Bonchev–Trinajstić information content (AvgIpc) is 2.81. The number of nitrogens with two attached hydrogens (primary N) is 1. The number of hydrogen-bond donors (Lipinski definition) is 1. The summed E-state index contributed by atoms with van der Waals surface area (Å²) in [5.74, 6) is 0.0251. The van der Waals surface area contributed by atoms with Gasteiger partial charge in [0, 0.05) is 18.3 Å². The van der Waals surface area contributed by atoms with Crippen LogP contribution in [0.1, 0.15) is 25.3 Å². The van der Waals surface area contributed by atoms with Crippen LogP contribution in [0.3, 0.4) is 0 Å². The van der Waals surface area contributed by atoms with Crippen LogP contribution in [0.25, 0.3) is 10.1 Å². The highest BCUT2D eigenvalue weighted by Gasteiger charge is 2.18. The highest BCUT2D eigenvalue weighted by Crippen LogP contribution is 2.26. The molecule has 1 aromatic heterocycles. The van der Waals surface area contributed by atoms with Gasteiger partial charge in [-0.15, -0.1) is 11.3 Å². The molecule has 1 unspecified atom stereocenters. The van der Waals surface area contributed by atoms with Gasteiger partial charge in [0.1, 0.15) is 0 Å². The van der Waals surface area contributed by atoms with Gasteiger partial charge in [-0.3, -0.25) is 4.79 Å². The maximum absolute atomic E-state index is 12.1. The van der Waals surface area contributed by atoms with E-state index in [0.717, 1.165) is 12.8 Å². The van der Waals surface area contributed by atoms with E-state index in [1.54, 1.807) is 16.2 Å². The van der Waals surface area contributed by atoms with E-state index in [0.29, 0.717) is 6.54 Å². The highest BCUT2D eigenvalue weighted by molar-refractivity contribution is 7.17. The lowest BCUT2D eigenvalue weighted by Crippen LogP contribution is -2.41. The molecule has 19 heavy (non-hydrogen) atoms. The minimum Gasteiger partial charge on any atom is -0.340 e. The summed E-state index contributed by atoms with van der Waals surface area (Å²) in [5.41, 5.74) is 7.08. The van der Waals surface area contributed by atoms with Crippen LogP contribution in [0.4, 0.5) is 0 Å². The number of carbonyl (C=O) groups is 1. The van der Waals surface area contributed by atoms with E-state index in [1.165, 1.54) is 15.6 Å². The van der Waals surface area contributed by atoms with Crippen molar-refractivity contribution in [1.82, 2.24) is 4.90 Å². The highest BCUT2D eigenvalue weighted by atomic mass is 32.1. The Kier molecular flexibility index (Phi) is 4.56. The van der Waals surface area contributed by atoms with Crippen molar-refractivity contribution >= 4 is 27.3 Å². The molecule has 2 aromatic rings. The summed E-state index contributed by atoms with van der Waals surface area (Å²) < 4.78 is 1.26. The first-order valence-corrected chi connectivity index (χ1v) is 7.47. The summed E-state index contributed by atoms with van der Waals surface area (Å²) in [5, 5.41) is 3.36. The van der Waals surface area contributed by atoms with Crippen molar-refractivity contribution in [3.05, 3.63) is 35.2 Å². The average molecular weight is 276 g/mol. The minimum absolute atomic E-state index is 0.0251. The fraction of sp³-hybridized carbons (Fsp3) is 0.400. The molecule has 1 heterocycles. The van der Waals surface area contributed by atoms with E-state index >= 15 is 0 Å². The Labute approximate surface area is 118 Å². The first-order chi connectivity index (χ1) is 9.13. The van der Waals surface area contributed by atoms with Crippen LogP contribution in [-0.4, -0.2) is 23.9 Å². The molecule has 0 aliphatic rings. The molecule has 1 amide bonds. The summed E-state index contributed by atoms with van der Waals surface area (Å²) in [6.45, 7) is 2.67. The largest absolute Gasteiger partial charge is 0.340 e. The third kappa shape index (κ3) is 3.14. The first-order valence-electron chi connectivity index (χ1n) is 6.59. The van der Waals surface area contributed by atoms with Crippen LogP contribution in [0.15, 0.2) is 29.6 Å². The Balaban J connectivity index is 2.10. The second-order valence-electron chi connectivity index (χ2n) is 4.85. The van der Waals surface area contributed by atoms with E-state index in [-0.39, 0.29) is 11.9 Å². The predicted molar refractivity (Wildman–Crippen MR) is 81.2 cm³/mol. The standard InChI is InChI=1S/C15H20N2OS/c1-3-6-13(16)15(18)17(2)9-11-10-19-14-8-5-4-7-12(11)14/h4-5,7-8,10,13H,3,6,9,16H2,1-2H3. The van der Waals surface area contributed by atoms with Crippen molar-refractivity contribution in [2.45, 2.75) is 32.4 Å². The molecule has 2 N–H and O–H groups in total. The van der Waals surface area contributed by atoms with E-state index in [4.69, 9.17) is 5.73 Å². The molecular weight excluding hydrogens is 256 g/mol. The van der Waals surface area contributed by atoms with Gasteiger partial charge in [-0.25, -0.2) is 0 Å². The topological polar surface area (TPSA) is 46.3 Å². The van der Waals surface area contributed by atoms with Crippen LogP contribution in [0.5, 0.6) is 0 Å². The number of carbonyl (C=O) groups excluding carboxylic acids is 1. The van der Waals surface area contributed by atoms with Gasteiger partial charge in [0.25, 0.3) is 0 Å². The lowest BCUT2D eigenvalue weighted by atomic mass is 10.1. The quantitative estimate of drug-likeness (QED) is 0.912. The number of thiophene rings is 1. The number of nitrogens with zero attached hydrogens (tertiary/aromatic N) is 1. The maximum Gasteiger partial charge on any atom is 0.239 e. The van der Waals surface area contributed by atoms with Crippen molar-refractivity contribution in [1.29, 1.82) is 0 Å². The monoisotopic (exact) mass is 276 g/mol. The van der Waals surface area contributed by atoms with Gasteiger partial charge in [0.15, 0.2) is 0 Å². The van der Waals surface area contributed by atoms with Gasteiger partial charge in [-0.05, 0) is 28.8 Å². The van der Waals surface area contributed by atoms with Gasteiger partial charge in [0.05, 0.1) is 6.04 Å². The van der Waals surface area contributed by atoms with Crippen molar-refractivity contribution in [3.8, 4) is 0 Å². The number of likely N-dealkylation sites (N-methyl/N-ethyl adjacent to an activating group) is 1. The zero-order valence-electron chi connectivity index (χ0n) is 11.4. The fourth-order valence-electron chi connectivity index (χ4n) is 2.21. The molecule has 0 saturated heterocycles. The predicted octanol–water partition coefficient (Wildman–Crippen LogP) is 2.99. The van der Waals surface area contributed by atoms with Crippen molar-refractivity contribution in [2.75, 3.05) is 7.05 Å². The molecular formula is C15H20N2OS. The van der Waals surface area contributed by atoms with Gasteiger partial charge in [0.2, 0.25) is 5.91 Å². The molecule has 1 aromatic carbocycles. The Hall–Kier alpha value is -1.39. The minimum atomic E-state index is -0.375. The smallest absolute Gasteiger partial charge is 0.239 e. The SMILES string of the molecule is CCCC(N)C(=O)N(C)Cc1csc2ccccc12. The number of amides is 1. The molecule has 2 rings (SSSR count). The Morgan fingerprint density at radius 3 is 2.89 bits per heavy atom. The molecule has 0 bridgehead atoms. The van der Waals surface area contributed by atoms with E-state index < -0.39 is 0 Å².